The smallest absolute Gasteiger partial charge is 0.0189 e. The van der Waals surface area contributed by atoms with Gasteiger partial charge in [0.15, 0.2) is 0 Å². The maximum atomic E-state index is 3.36. The minimum Gasteiger partial charge on any atom is -0.293 e. The highest BCUT2D eigenvalue weighted by molar-refractivity contribution is 5.18. The highest BCUT2D eigenvalue weighted by atomic mass is 15.3. The molecule has 368 valence electrons. The number of likely N-dealkylation sites (tertiary alicyclic amines) is 1. The fourth-order valence-corrected chi connectivity index (χ4v) is 23.8. The lowest BCUT2D eigenvalue weighted by Gasteiger charge is -2.49. The molecule has 0 aromatic heterocycles. The maximum absolute atomic E-state index is 3.36. The summed E-state index contributed by atoms with van der Waals surface area (Å²) in [6.45, 7) is 11.1. The van der Waals surface area contributed by atoms with Gasteiger partial charge in [0.1, 0.15) is 0 Å². The third kappa shape index (κ3) is 8.50. The van der Waals surface area contributed by atoms with Crippen LogP contribution >= 0.6 is 0 Å². The van der Waals surface area contributed by atoms with Crippen molar-refractivity contribution in [3.63, 3.8) is 0 Å². The first-order valence-corrected chi connectivity index (χ1v) is 31.5. The lowest BCUT2D eigenvalue weighted by Crippen LogP contribution is -2.52. The average Bonchev–Trinajstić information content (AvgIpc) is 3.91. The second-order valence-electron chi connectivity index (χ2n) is 29.6. The average molecular weight is 891 g/mol. The number of nitrogens with zero attached hydrogens (tertiary/aromatic N) is 1. The monoisotopic (exact) mass is 890 g/mol. The van der Waals surface area contributed by atoms with Crippen LogP contribution in [0.3, 0.4) is 0 Å². The van der Waals surface area contributed by atoms with Crippen LogP contribution in [0.1, 0.15) is 265 Å². The lowest BCUT2D eigenvalue weighted by atomic mass is 9.58. The Morgan fingerprint density at radius 2 is 0.862 bits per heavy atom. The number of hydrogen-bond donors (Lipinski definition) is 0. The molecule has 1 nitrogen and oxygen atoms in total. The van der Waals surface area contributed by atoms with E-state index in [0.717, 1.165) is 125 Å². The van der Waals surface area contributed by atoms with Crippen LogP contribution in [-0.4, -0.2) is 23.0 Å². The molecule has 1 heterocycles. The first kappa shape index (κ1) is 46.1. The van der Waals surface area contributed by atoms with Gasteiger partial charge in [0, 0.05) is 18.1 Å². The van der Waals surface area contributed by atoms with Gasteiger partial charge in [0.2, 0.25) is 0 Å². The van der Waals surface area contributed by atoms with E-state index < -0.39 is 0 Å². The van der Waals surface area contributed by atoms with E-state index in [2.05, 4.69) is 32.6 Å². The van der Waals surface area contributed by atoms with E-state index in [1.807, 2.05) is 0 Å². The molecular weight excluding hydrogens is 783 g/mol. The van der Waals surface area contributed by atoms with Crippen molar-refractivity contribution in [3.05, 3.63) is 0 Å². The normalized spacial score (nSPS) is 49.8. The SMILES string of the molecule is CC1(C)C2CCCCC2C2CCC(C(CC3CCC(C4CCCCC4)CC3)C3CCC(C4CCC(C5CCC6C(C5)C5C7CCCCC7C(C)(C)C5N6C5CCCCC5)CC4)CC3)CC21. The lowest BCUT2D eigenvalue weighted by molar-refractivity contribution is -0.00297. The largest absolute Gasteiger partial charge is 0.293 e. The third-order valence-corrected chi connectivity index (χ3v) is 26.7. The Kier molecular flexibility index (Phi) is 13.6. The van der Waals surface area contributed by atoms with Crippen molar-refractivity contribution in [2.45, 2.75) is 283 Å². The van der Waals surface area contributed by atoms with Crippen molar-refractivity contribution in [1.82, 2.24) is 4.90 Å². The fourth-order valence-electron chi connectivity index (χ4n) is 23.8. The fraction of sp³-hybridized carbons (Fsp3) is 1.00. The van der Waals surface area contributed by atoms with E-state index in [1.54, 1.807) is 186 Å². The molecule has 12 rings (SSSR count). The third-order valence-electron chi connectivity index (χ3n) is 26.7. The van der Waals surface area contributed by atoms with Crippen LogP contribution in [0.5, 0.6) is 0 Å². The molecule has 0 N–H and O–H groups in total. The second kappa shape index (κ2) is 19.2. The van der Waals surface area contributed by atoms with Gasteiger partial charge >= 0.3 is 0 Å². The Bertz CT molecular complexity index is 1540. The minimum atomic E-state index is 0.537. The van der Waals surface area contributed by atoms with Crippen LogP contribution in [0, 0.1) is 117 Å². The van der Waals surface area contributed by atoms with Gasteiger partial charge in [-0.15, -0.1) is 0 Å². The molecule has 0 spiro atoms. The molecule has 0 aromatic carbocycles. The summed E-state index contributed by atoms with van der Waals surface area (Å²) in [5, 5.41) is 0. The summed E-state index contributed by atoms with van der Waals surface area (Å²) >= 11 is 0. The van der Waals surface area contributed by atoms with Crippen LogP contribution in [-0.2, 0) is 0 Å². The molecule has 0 radical (unpaired) electrons. The number of rotatable bonds is 8. The van der Waals surface area contributed by atoms with Crippen molar-refractivity contribution in [1.29, 1.82) is 0 Å². The quantitative estimate of drug-likeness (QED) is 0.235. The van der Waals surface area contributed by atoms with E-state index in [9.17, 15) is 0 Å². The molecule has 12 fully saturated rings. The van der Waals surface area contributed by atoms with Gasteiger partial charge in [0.25, 0.3) is 0 Å². The van der Waals surface area contributed by atoms with Gasteiger partial charge in [-0.1, -0.05) is 118 Å². The van der Waals surface area contributed by atoms with E-state index in [1.165, 1.54) is 51.4 Å². The molecular formula is C64H107N. The molecule has 0 amide bonds. The van der Waals surface area contributed by atoms with Gasteiger partial charge in [-0.3, -0.25) is 4.90 Å². The van der Waals surface area contributed by atoms with Gasteiger partial charge in [-0.2, -0.15) is 0 Å². The summed E-state index contributed by atoms with van der Waals surface area (Å²) in [6.07, 6.45) is 58.4. The van der Waals surface area contributed by atoms with Crippen LogP contribution in [0.2, 0.25) is 0 Å². The highest BCUT2D eigenvalue weighted by Crippen LogP contribution is 2.68. The van der Waals surface area contributed by atoms with Gasteiger partial charge in [-0.05, 0) is 265 Å². The van der Waals surface area contributed by atoms with Crippen molar-refractivity contribution >= 4 is 0 Å². The zero-order chi connectivity index (χ0) is 43.9. The molecule has 1 saturated heterocycles. The maximum Gasteiger partial charge on any atom is 0.0189 e. The predicted octanol–water partition coefficient (Wildman–Crippen LogP) is 18.1. The first-order valence-electron chi connectivity index (χ1n) is 31.5. The molecule has 12 aliphatic rings. The molecule has 0 bridgehead atoms. The Labute approximate surface area is 403 Å². The van der Waals surface area contributed by atoms with Crippen molar-refractivity contribution in [3.8, 4) is 0 Å². The molecule has 13 atom stereocenters. The molecule has 1 heteroatoms. The van der Waals surface area contributed by atoms with Gasteiger partial charge in [-0.25, -0.2) is 0 Å². The van der Waals surface area contributed by atoms with E-state index in [4.69, 9.17) is 0 Å². The van der Waals surface area contributed by atoms with Gasteiger partial charge in [0.05, 0.1) is 0 Å². The Morgan fingerprint density at radius 3 is 1.54 bits per heavy atom. The Morgan fingerprint density at radius 1 is 0.369 bits per heavy atom. The first-order chi connectivity index (χ1) is 31.7. The number of fused-ring (bicyclic) bond motifs is 8. The van der Waals surface area contributed by atoms with Crippen molar-refractivity contribution in [2.24, 2.45) is 117 Å². The Hall–Kier alpha value is -0.0400. The molecule has 65 heavy (non-hydrogen) atoms. The predicted molar refractivity (Wildman–Crippen MR) is 274 cm³/mol. The summed E-state index contributed by atoms with van der Waals surface area (Å²) in [7, 11) is 0. The summed E-state index contributed by atoms with van der Waals surface area (Å²) in [6, 6.07) is 2.78. The second-order valence-corrected chi connectivity index (χ2v) is 29.6. The van der Waals surface area contributed by atoms with Crippen LogP contribution in [0.4, 0.5) is 0 Å². The highest BCUT2D eigenvalue weighted by Gasteiger charge is 2.66. The zero-order valence-electron chi connectivity index (χ0n) is 43.7. The standard InChI is InChI=1S/C64H107N/c1-63(2)57-21-13-11-19-52(57)53-37-35-50(41-59(53)63)55(39-42-23-25-44(26-24-42)43-15-7-5-8-16-43)48-33-31-46(32-34-48)45-27-29-47(30-28-45)49-36-38-60-56(40-49)61-54-20-12-14-22-58(54)64(3,4)62(61)65(60)51-17-9-6-10-18-51/h42-62H,5-41H2,1-4H3. The summed E-state index contributed by atoms with van der Waals surface area (Å²) in [5.41, 5.74) is 1.14. The molecule has 11 saturated carbocycles. The summed E-state index contributed by atoms with van der Waals surface area (Å²) < 4.78 is 0. The molecule has 13 unspecified atom stereocenters. The summed E-state index contributed by atoms with van der Waals surface area (Å²) in [5.74, 6) is 19.2. The molecule has 0 aromatic rings. The Balaban J connectivity index is 0.681. The topological polar surface area (TPSA) is 3.24 Å². The van der Waals surface area contributed by atoms with Crippen LogP contribution < -0.4 is 0 Å². The summed E-state index contributed by atoms with van der Waals surface area (Å²) in [4.78, 5) is 3.36. The van der Waals surface area contributed by atoms with E-state index in [-0.39, 0.29) is 0 Å². The minimum absolute atomic E-state index is 0.537. The number of hydrogen-bond acceptors (Lipinski definition) is 1. The molecule has 1 aliphatic heterocycles. The van der Waals surface area contributed by atoms with Crippen LogP contribution in [0.25, 0.3) is 0 Å². The van der Waals surface area contributed by atoms with Crippen LogP contribution in [0.15, 0.2) is 0 Å². The zero-order valence-corrected chi connectivity index (χ0v) is 43.7. The van der Waals surface area contributed by atoms with Crippen molar-refractivity contribution < 1.29 is 0 Å². The molecule has 11 aliphatic carbocycles. The van der Waals surface area contributed by atoms with E-state index >= 15 is 0 Å². The van der Waals surface area contributed by atoms with E-state index in [0.29, 0.717) is 10.8 Å². The van der Waals surface area contributed by atoms with Gasteiger partial charge < -0.3 is 0 Å². The van der Waals surface area contributed by atoms with Crippen molar-refractivity contribution in [2.75, 3.05) is 0 Å².